The van der Waals surface area contributed by atoms with Crippen LogP contribution < -0.4 is 10.6 Å². The van der Waals surface area contributed by atoms with Crippen molar-refractivity contribution in [2.45, 2.75) is 99.3 Å². The molecule has 9 atom stereocenters. The smallest absolute Gasteiger partial charge is 0.335 e. The molecule has 2 aromatic carbocycles. The van der Waals surface area contributed by atoms with Gasteiger partial charge in [0.2, 0.25) is 5.91 Å². The lowest BCUT2D eigenvalue weighted by Gasteiger charge is -2.72. The minimum atomic E-state index is -0.942. The average Bonchev–Trinajstić information content (AvgIpc) is 3.52. The number of hydrogen-bond acceptors (Lipinski definition) is 4. The Bertz CT molecular complexity index is 1830. The topological polar surface area (TPSA) is 116 Å². The van der Waals surface area contributed by atoms with Crippen LogP contribution >= 0.6 is 0 Å². The summed E-state index contributed by atoms with van der Waals surface area (Å²) < 4.78 is 0. The van der Waals surface area contributed by atoms with Gasteiger partial charge in [-0.15, -0.1) is 0 Å². The van der Waals surface area contributed by atoms with Crippen molar-refractivity contribution in [1.29, 1.82) is 0 Å². The van der Waals surface area contributed by atoms with Gasteiger partial charge in [0.05, 0.1) is 16.5 Å². The Labute approximate surface area is 316 Å². The van der Waals surface area contributed by atoms with E-state index >= 15 is 0 Å². The molecule has 1 amide bonds. The molecule has 7 heteroatoms. The maximum Gasteiger partial charge on any atom is 0.335 e. The number of rotatable bonds is 9. The van der Waals surface area contributed by atoms with E-state index in [0.717, 1.165) is 49.8 Å². The predicted octanol–water partition coefficient (Wildman–Crippen LogP) is 9.96. The van der Waals surface area contributed by atoms with Gasteiger partial charge in [-0.05, 0) is 163 Å². The number of anilines is 1. The van der Waals surface area contributed by atoms with Crippen LogP contribution in [0.3, 0.4) is 0 Å². The number of amides is 1. The van der Waals surface area contributed by atoms with Crippen LogP contribution in [0, 0.1) is 56.7 Å². The maximum atomic E-state index is 14.5. The lowest BCUT2D eigenvalue weighted by molar-refractivity contribution is -0.225. The number of aromatic carboxylic acids is 2. The van der Waals surface area contributed by atoms with Crippen LogP contribution in [0.2, 0.25) is 0 Å². The first-order valence-corrected chi connectivity index (χ1v) is 20.0. The van der Waals surface area contributed by atoms with Crippen molar-refractivity contribution in [3.63, 3.8) is 0 Å². The molecule has 5 aliphatic rings. The van der Waals surface area contributed by atoms with E-state index in [1.54, 1.807) is 36.4 Å². The van der Waals surface area contributed by atoms with Crippen LogP contribution in [0.15, 0.2) is 66.8 Å². The first-order valence-electron chi connectivity index (χ1n) is 20.0. The Kier molecular flexibility index (Phi) is 9.30. The van der Waals surface area contributed by atoms with Gasteiger partial charge >= 0.3 is 11.9 Å². The molecule has 5 aliphatic carbocycles. The SMILES string of the molecule is C=C(C)[C@@H]1CC[C@]2(C(=O)NCCNc3ccc(C(=O)O)cc3)CC[C@]3(C)[C@H](CC[C@@H]4[C@@]5(C)CC=C(c6ccc(C(=O)O)cc6)C(C)(C)[C@@H]5CC[C@]43C)[C@@H]12. The summed E-state index contributed by atoms with van der Waals surface area (Å²) in [5, 5.41) is 25.4. The van der Waals surface area contributed by atoms with Gasteiger partial charge in [0.25, 0.3) is 0 Å². The molecule has 4 N–H and O–H groups in total. The fourth-order valence-electron chi connectivity index (χ4n) is 13.7. The largest absolute Gasteiger partial charge is 0.478 e. The van der Waals surface area contributed by atoms with Crippen molar-refractivity contribution < 1.29 is 24.6 Å². The second-order valence-corrected chi connectivity index (χ2v) is 18.8. The van der Waals surface area contributed by atoms with Crippen molar-refractivity contribution in [3.05, 3.63) is 83.4 Å². The number of nitrogens with one attached hydrogen (secondary N) is 2. The number of carbonyl (C=O) groups excluding carboxylic acids is 1. The van der Waals surface area contributed by atoms with Crippen LogP contribution in [-0.4, -0.2) is 41.1 Å². The summed E-state index contributed by atoms with van der Waals surface area (Å²) in [6.07, 6.45) is 12.2. The monoisotopic (exact) mass is 720 g/mol. The van der Waals surface area contributed by atoms with E-state index in [4.69, 9.17) is 0 Å². The number of carbonyl (C=O) groups is 3. The minimum Gasteiger partial charge on any atom is -0.478 e. The molecule has 0 aliphatic heterocycles. The second kappa shape index (κ2) is 13.2. The third kappa shape index (κ3) is 5.69. The van der Waals surface area contributed by atoms with Crippen molar-refractivity contribution in [2.24, 2.45) is 56.7 Å². The van der Waals surface area contributed by atoms with Crippen molar-refractivity contribution in [3.8, 4) is 0 Å². The zero-order valence-corrected chi connectivity index (χ0v) is 32.7. The number of carboxylic acids is 2. The van der Waals surface area contributed by atoms with E-state index in [1.165, 1.54) is 30.4 Å². The van der Waals surface area contributed by atoms with E-state index in [0.29, 0.717) is 48.2 Å². The van der Waals surface area contributed by atoms with E-state index in [1.807, 2.05) is 12.1 Å². The molecule has 0 radical (unpaired) electrons. The molecule has 0 spiro atoms. The quantitative estimate of drug-likeness (QED) is 0.151. The molecule has 0 bridgehead atoms. The highest BCUT2D eigenvalue weighted by Crippen LogP contribution is 2.77. The Morgan fingerprint density at radius 3 is 2.02 bits per heavy atom. The van der Waals surface area contributed by atoms with Crippen LogP contribution in [0.5, 0.6) is 0 Å². The molecular formula is C46H60N2O5. The second-order valence-electron chi connectivity index (χ2n) is 18.8. The molecule has 7 nitrogen and oxygen atoms in total. The lowest BCUT2D eigenvalue weighted by atomic mass is 9.32. The summed E-state index contributed by atoms with van der Waals surface area (Å²) in [7, 11) is 0. The molecule has 284 valence electrons. The summed E-state index contributed by atoms with van der Waals surface area (Å²) >= 11 is 0. The van der Waals surface area contributed by atoms with Gasteiger partial charge < -0.3 is 20.8 Å². The average molecular weight is 721 g/mol. The fourth-order valence-corrected chi connectivity index (χ4v) is 13.7. The molecule has 7 rings (SSSR count). The van der Waals surface area contributed by atoms with Gasteiger partial charge in [-0.2, -0.15) is 0 Å². The Morgan fingerprint density at radius 1 is 0.755 bits per heavy atom. The zero-order chi connectivity index (χ0) is 38.1. The Balaban J connectivity index is 1.12. The third-order valence-corrected chi connectivity index (χ3v) is 16.4. The van der Waals surface area contributed by atoms with Gasteiger partial charge in [0.1, 0.15) is 0 Å². The summed E-state index contributed by atoms with van der Waals surface area (Å²) in [5.74, 6) is 0.610. The van der Waals surface area contributed by atoms with Crippen molar-refractivity contribution in [2.75, 3.05) is 18.4 Å². The van der Waals surface area contributed by atoms with Gasteiger partial charge in [-0.3, -0.25) is 4.79 Å². The highest BCUT2D eigenvalue weighted by Gasteiger charge is 2.71. The van der Waals surface area contributed by atoms with Crippen LogP contribution in [-0.2, 0) is 4.79 Å². The molecule has 0 saturated heterocycles. The van der Waals surface area contributed by atoms with Crippen LogP contribution in [0.1, 0.15) is 126 Å². The van der Waals surface area contributed by atoms with Gasteiger partial charge in [0.15, 0.2) is 0 Å². The molecule has 53 heavy (non-hydrogen) atoms. The maximum absolute atomic E-state index is 14.5. The fraction of sp³-hybridized carbons (Fsp3) is 0.587. The van der Waals surface area contributed by atoms with Crippen LogP contribution in [0.4, 0.5) is 5.69 Å². The van der Waals surface area contributed by atoms with E-state index in [-0.39, 0.29) is 38.5 Å². The van der Waals surface area contributed by atoms with Crippen molar-refractivity contribution in [1.82, 2.24) is 5.32 Å². The molecule has 0 aromatic heterocycles. The standard InChI is InChI=1S/C46H60N2O5/c1-28(2)33-18-23-46(41(53)48-27-26-47-32-14-12-31(13-15-32)40(51)52)25-24-44(6)35(38(33)46)16-17-37-43(5)21-19-34(29-8-10-30(11-9-29)39(49)50)42(3,4)36(43)20-22-45(37,44)7/h8-15,19,33,35-38,47H,1,16-18,20-27H2,2-7H3,(H,48,53)(H,49,50)(H,51,52)/t33-,35+,36-,37+,38+,43-,44+,45+,46-/m0/s1. The number of carboxylic acid groups (broad SMARTS) is 2. The summed E-state index contributed by atoms with van der Waals surface area (Å²) in [6.45, 7) is 20.5. The minimum absolute atomic E-state index is 0.0378. The number of allylic oxidation sites excluding steroid dienone is 3. The van der Waals surface area contributed by atoms with Crippen LogP contribution in [0.25, 0.3) is 5.57 Å². The molecule has 0 unspecified atom stereocenters. The molecular weight excluding hydrogens is 661 g/mol. The van der Waals surface area contributed by atoms with Gasteiger partial charge in [-0.25, -0.2) is 9.59 Å². The van der Waals surface area contributed by atoms with Crippen molar-refractivity contribution >= 4 is 29.1 Å². The lowest BCUT2D eigenvalue weighted by Crippen LogP contribution is -2.66. The van der Waals surface area contributed by atoms with E-state index in [9.17, 15) is 24.6 Å². The number of fused-ring (bicyclic) bond motifs is 7. The normalized spacial score (nSPS) is 36.8. The summed E-state index contributed by atoms with van der Waals surface area (Å²) in [6, 6.07) is 14.2. The van der Waals surface area contributed by atoms with E-state index in [2.05, 4.69) is 64.8 Å². The first-order chi connectivity index (χ1) is 25.0. The molecule has 0 heterocycles. The van der Waals surface area contributed by atoms with E-state index < -0.39 is 11.9 Å². The first kappa shape index (κ1) is 37.4. The zero-order valence-electron chi connectivity index (χ0n) is 32.7. The summed E-state index contributed by atoms with van der Waals surface area (Å²) in [5.41, 5.74) is 5.19. The number of benzene rings is 2. The Morgan fingerprint density at radius 2 is 1.40 bits per heavy atom. The highest BCUT2D eigenvalue weighted by molar-refractivity contribution is 5.89. The van der Waals surface area contributed by atoms with Gasteiger partial charge in [-0.1, -0.05) is 65.0 Å². The highest BCUT2D eigenvalue weighted by atomic mass is 16.4. The number of hydrogen-bond donors (Lipinski definition) is 4. The Hall–Kier alpha value is -3.87. The molecule has 2 aromatic rings. The van der Waals surface area contributed by atoms with Gasteiger partial charge in [0, 0.05) is 18.8 Å². The summed E-state index contributed by atoms with van der Waals surface area (Å²) in [4.78, 5) is 37.3. The predicted molar refractivity (Wildman–Crippen MR) is 211 cm³/mol. The molecule has 4 saturated carbocycles. The third-order valence-electron chi connectivity index (χ3n) is 16.4. The molecule has 4 fully saturated rings.